The predicted molar refractivity (Wildman–Crippen MR) is 79.4 cm³/mol. The maximum Gasteiger partial charge on any atom is 0.218 e. The first kappa shape index (κ1) is 15.0. The summed E-state index contributed by atoms with van der Waals surface area (Å²) >= 11 is 0. The Labute approximate surface area is 121 Å². The molecule has 1 saturated carbocycles. The minimum atomic E-state index is 0.479. The molecule has 0 amide bonds. The molecule has 1 heterocycles. The number of nitrogens with one attached hydrogen (secondary N) is 1. The van der Waals surface area contributed by atoms with E-state index in [1.54, 1.807) is 7.11 Å². The van der Waals surface area contributed by atoms with Crippen LogP contribution in [0.4, 0.5) is 5.82 Å². The molecule has 2 rings (SSSR count). The second kappa shape index (κ2) is 8.04. The Bertz CT molecular complexity index is 406. The highest BCUT2D eigenvalue weighted by atomic mass is 16.5. The Morgan fingerprint density at radius 3 is 2.75 bits per heavy atom. The lowest BCUT2D eigenvalue weighted by Crippen LogP contribution is -2.14. The molecule has 0 unspecified atom stereocenters. The van der Waals surface area contributed by atoms with E-state index < -0.39 is 0 Å². The van der Waals surface area contributed by atoms with E-state index >= 15 is 0 Å². The fraction of sp³-hybridized carbons (Fsp3) is 0.733. The Hall–Kier alpha value is -1.36. The maximum atomic E-state index is 5.56. The Morgan fingerprint density at radius 2 is 2.05 bits per heavy atom. The van der Waals surface area contributed by atoms with Crippen molar-refractivity contribution < 1.29 is 9.47 Å². The van der Waals surface area contributed by atoms with Crippen molar-refractivity contribution in [3.63, 3.8) is 0 Å². The lowest BCUT2D eigenvalue weighted by atomic mass is 9.89. The van der Waals surface area contributed by atoms with E-state index in [0.717, 1.165) is 18.2 Å². The van der Waals surface area contributed by atoms with Crippen molar-refractivity contribution in [2.24, 2.45) is 0 Å². The molecule has 0 aliphatic heterocycles. The Balaban J connectivity index is 2.11. The number of methoxy groups -OCH3 is 1. The van der Waals surface area contributed by atoms with Crippen LogP contribution in [0.15, 0.2) is 6.07 Å². The molecule has 1 aliphatic rings. The third-order valence-electron chi connectivity index (χ3n) is 3.59. The number of aromatic nitrogens is 2. The molecule has 20 heavy (non-hydrogen) atoms. The monoisotopic (exact) mass is 279 g/mol. The van der Waals surface area contributed by atoms with Gasteiger partial charge in [-0.2, -0.15) is 4.98 Å². The van der Waals surface area contributed by atoms with E-state index in [1.165, 1.54) is 32.1 Å². The average molecular weight is 279 g/mol. The van der Waals surface area contributed by atoms with Crippen molar-refractivity contribution >= 4 is 5.82 Å². The number of rotatable bonds is 7. The maximum absolute atomic E-state index is 5.56. The molecule has 1 fully saturated rings. The molecule has 1 aromatic heterocycles. The molecule has 5 nitrogen and oxygen atoms in total. The van der Waals surface area contributed by atoms with Gasteiger partial charge >= 0.3 is 0 Å². The van der Waals surface area contributed by atoms with Gasteiger partial charge in [-0.15, -0.1) is 0 Å². The lowest BCUT2D eigenvalue weighted by Gasteiger charge is -2.21. The first-order valence-electron chi connectivity index (χ1n) is 7.58. The topological polar surface area (TPSA) is 56.3 Å². The molecule has 1 aromatic rings. The second-order valence-corrected chi connectivity index (χ2v) is 5.14. The van der Waals surface area contributed by atoms with Gasteiger partial charge in [0.1, 0.15) is 11.6 Å². The summed E-state index contributed by atoms with van der Waals surface area (Å²) < 4.78 is 10.6. The molecule has 0 atom stereocenters. The quantitative estimate of drug-likeness (QED) is 0.778. The van der Waals surface area contributed by atoms with E-state index in [0.29, 0.717) is 25.0 Å². The standard InChI is InChI=1S/C15H25N3O2/c1-3-20-14-11-13(16-9-10-19-2)17-15(18-14)12-7-5-4-6-8-12/h11-12H,3-10H2,1-2H3,(H,16,17,18). The van der Waals surface area contributed by atoms with Crippen LogP contribution >= 0.6 is 0 Å². The zero-order valence-electron chi connectivity index (χ0n) is 12.5. The molecular weight excluding hydrogens is 254 g/mol. The van der Waals surface area contributed by atoms with Crippen LogP contribution in [0.5, 0.6) is 5.88 Å². The number of anilines is 1. The second-order valence-electron chi connectivity index (χ2n) is 5.14. The number of hydrogen-bond acceptors (Lipinski definition) is 5. The van der Waals surface area contributed by atoms with Gasteiger partial charge in [0.05, 0.1) is 13.2 Å². The molecule has 1 aliphatic carbocycles. The molecule has 0 aromatic carbocycles. The Kier molecular flexibility index (Phi) is 6.05. The predicted octanol–water partition coefficient (Wildman–Crippen LogP) is 2.98. The zero-order valence-corrected chi connectivity index (χ0v) is 12.5. The molecular formula is C15H25N3O2. The first-order valence-corrected chi connectivity index (χ1v) is 7.58. The normalized spacial score (nSPS) is 16.1. The SMILES string of the molecule is CCOc1cc(NCCOC)nc(C2CCCCC2)n1. The number of ether oxygens (including phenoxy) is 2. The van der Waals surface area contributed by atoms with Gasteiger partial charge in [0.2, 0.25) is 5.88 Å². The van der Waals surface area contributed by atoms with Crippen LogP contribution in [-0.4, -0.2) is 36.8 Å². The smallest absolute Gasteiger partial charge is 0.218 e. The highest BCUT2D eigenvalue weighted by Gasteiger charge is 2.19. The van der Waals surface area contributed by atoms with Crippen molar-refractivity contribution in [3.8, 4) is 5.88 Å². The fourth-order valence-electron chi connectivity index (χ4n) is 2.58. The van der Waals surface area contributed by atoms with Crippen LogP contribution in [0.3, 0.4) is 0 Å². The van der Waals surface area contributed by atoms with Crippen molar-refractivity contribution in [2.75, 3.05) is 32.2 Å². The zero-order chi connectivity index (χ0) is 14.2. The molecule has 0 saturated heterocycles. The summed E-state index contributed by atoms with van der Waals surface area (Å²) in [5, 5.41) is 3.27. The fourth-order valence-corrected chi connectivity index (χ4v) is 2.58. The molecule has 112 valence electrons. The van der Waals surface area contributed by atoms with E-state index in [-0.39, 0.29) is 0 Å². The molecule has 5 heteroatoms. The van der Waals surface area contributed by atoms with E-state index in [4.69, 9.17) is 9.47 Å². The minimum Gasteiger partial charge on any atom is -0.478 e. The molecule has 0 radical (unpaired) electrons. The van der Waals surface area contributed by atoms with Gasteiger partial charge in [-0.1, -0.05) is 19.3 Å². The van der Waals surface area contributed by atoms with Gasteiger partial charge in [0.15, 0.2) is 0 Å². The van der Waals surface area contributed by atoms with Crippen LogP contribution in [0.2, 0.25) is 0 Å². The third-order valence-corrected chi connectivity index (χ3v) is 3.59. The van der Waals surface area contributed by atoms with Crippen molar-refractivity contribution in [1.29, 1.82) is 0 Å². The summed E-state index contributed by atoms with van der Waals surface area (Å²) in [4.78, 5) is 9.22. The van der Waals surface area contributed by atoms with Gasteiger partial charge in [-0.25, -0.2) is 4.98 Å². The molecule has 0 spiro atoms. The van der Waals surface area contributed by atoms with Crippen LogP contribution < -0.4 is 10.1 Å². The highest BCUT2D eigenvalue weighted by molar-refractivity contribution is 5.39. The van der Waals surface area contributed by atoms with Crippen LogP contribution in [-0.2, 0) is 4.74 Å². The van der Waals surface area contributed by atoms with Crippen LogP contribution in [0, 0.1) is 0 Å². The average Bonchev–Trinajstić information content (AvgIpc) is 2.49. The summed E-state index contributed by atoms with van der Waals surface area (Å²) in [6.45, 7) is 4.00. The summed E-state index contributed by atoms with van der Waals surface area (Å²) in [6.07, 6.45) is 6.26. The van der Waals surface area contributed by atoms with Gasteiger partial charge in [-0.3, -0.25) is 0 Å². The molecule has 0 bridgehead atoms. The first-order chi connectivity index (χ1) is 9.83. The van der Waals surface area contributed by atoms with Crippen molar-refractivity contribution in [2.45, 2.75) is 44.9 Å². The van der Waals surface area contributed by atoms with E-state index in [9.17, 15) is 0 Å². The van der Waals surface area contributed by atoms with Gasteiger partial charge in [-0.05, 0) is 19.8 Å². The summed E-state index contributed by atoms with van der Waals surface area (Å²) in [5.41, 5.74) is 0. The van der Waals surface area contributed by atoms with Gasteiger partial charge < -0.3 is 14.8 Å². The lowest BCUT2D eigenvalue weighted by molar-refractivity contribution is 0.210. The summed E-state index contributed by atoms with van der Waals surface area (Å²) in [6, 6.07) is 1.87. The van der Waals surface area contributed by atoms with Gasteiger partial charge in [0.25, 0.3) is 0 Å². The summed E-state index contributed by atoms with van der Waals surface area (Å²) in [7, 11) is 1.70. The number of hydrogen-bond donors (Lipinski definition) is 1. The minimum absolute atomic E-state index is 0.479. The summed E-state index contributed by atoms with van der Waals surface area (Å²) in [5.74, 6) is 2.91. The van der Waals surface area contributed by atoms with E-state index in [2.05, 4.69) is 15.3 Å². The van der Waals surface area contributed by atoms with E-state index in [1.807, 2.05) is 13.0 Å². The van der Waals surface area contributed by atoms with Gasteiger partial charge in [0, 0.05) is 25.6 Å². The van der Waals surface area contributed by atoms with Crippen molar-refractivity contribution in [1.82, 2.24) is 9.97 Å². The Morgan fingerprint density at radius 1 is 1.25 bits per heavy atom. The van der Waals surface area contributed by atoms with Crippen molar-refractivity contribution in [3.05, 3.63) is 11.9 Å². The van der Waals surface area contributed by atoms with Crippen LogP contribution in [0.1, 0.15) is 50.8 Å². The third kappa shape index (κ3) is 4.34. The van der Waals surface area contributed by atoms with Crippen LogP contribution in [0.25, 0.3) is 0 Å². The molecule has 1 N–H and O–H groups in total. The number of nitrogens with zero attached hydrogens (tertiary/aromatic N) is 2. The highest BCUT2D eigenvalue weighted by Crippen LogP contribution is 2.32. The largest absolute Gasteiger partial charge is 0.478 e.